The molecule has 0 aromatic heterocycles. The number of carbonyl (C=O) groups excluding carboxylic acids is 1. The quantitative estimate of drug-likeness (QED) is 0.318. The number of ether oxygens (including phenoxy) is 3. The number of amides is 1. The second-order valence-corrected chi connectivity index (χ2v) is 9.42. The number of alkyl carbamates (subject to hydrolysis) is 1. The van der Waals surface area contributed by atoms with Crippen molar-refractivity contribution in [3.05, 3.63) is 54.1 Å². The molecule has 0 radical (unpaired) electrons. The van der Waals surface area contributed by atoms with Crippen LogP contribution in [0.4, 0.5) is 4.79 Å². The van der Waals surface area contributed by atoms with Gasteiger partial charge in [0.2, 0.25) is 0 Å². The third kappa shape index (κ3) is 7.15. The molecule has 34 heavy (non-hydrogen) atoms. The van der Waals surface area contributed by atoms with E-state index in [1.807, 2.05) is 50.2 Å². The molecule has 0 bridgehead atoms. The second kappa shape index (κ2) is 12.3. The van der Waals surface area contributed by atoms with Gasteiger partial charge in [-0.3, -0.25) is 0 Å². The number of benzene rings is 2. The molecule has 1 amide bonds. The van der Waals surface area contributed by atoms with Gasteiger partial charge < -0.3 is 19.5 Å². The van der Waals surface area contributed by atoms with Crippen molar-refractivity contribution in [3.63, 3.8) is 0 Å². The molecule has 2 aromatic carbocycles. The van der Waals surface area contributed by atoms with Crippen LogP contribution in [0.1, 0.15) is 64.9 Å². The monoisotopic (exact) mass is 464 g/mol. The summed E-state index contributed by atoms with van der Waals surface area (Å²) in [5.74, 6) is 1.21. The summed E-state index contributed by atoms with van der Waals surface area (Å²) in [4.78, 5) is 12.7. The third-order valence-corrected chi connectivity index (χ3v) is 6.48. The van der Waals surface area contributed by atoms with Gasteiger partial charge in [-0.15, -0.1) is 0 Å². The first-order valence-electron chi connectivity index (χ1n) is 12.3. The third-order valence-electron chi connectivity index (χ3n) is 6.48. The SMILES string of the molecule is CCCC1CCCCC1OC(=O)NC(C)(C)c1ccc(-c2ccc(OCCOC#N)cc2)cc1. The van der Waals surface area contributed by atoms with Crippen molar-refractivity contribution in [1.29, 1.82) is 5.26 Å². The summed E-state index contributed by atoms with van der Waals surface area (Å²) in [7, 11) is 0. The number of hydrogen-bond acceptors (Lipinski definition) is 5. The predicted molar refractivity (Wildman–Crippen MR) is 132 cm³/mol. The minimum atomic E-state index is -0.548. The second-order valence-electron chi connectivity index (χ2n) is 9.42. The fourth-order valence-corrected chi connectivity index (χ4v) is 4.59. The van der Waals surface area contributed by atoms with Gasteiger partial charge in [0.1, 0.15) is 25.1 Å². The van der Waals surface area contributed by atoms with E-state index in [1.165, 1.54) is 6.42 Å². The van der Waals surface area contributed by atoms with Crippen LogP contribution in [0.25, 0.3) is 11.1 Å². The van der Waals surface area contributed by atoms with E-state index in [0.29, 0.717) is 12.5 Å². The number of hydrogen-bond donors (Lipinski definition) is 1. The minimum Gasteiger partial charge on any atom is -0.490 e. The van der Waals surface area contributed by atoms with Crippen LogP contribution in [0.15, 0.2) is 48.5 Å². The summed E-state index contributed by atoms with van der Waals surface area (Å²) in [6.45, 7) is 6.74. The van der Waals surface area contributed by atoms with Crippen LogP contribution in [0.5, 0.6) is 5.75 Å². The highest BCUT2D eigenvalue weighted by Crippen LogP contribution is 2.31. The zero-order valence-corrected chi connectivity index (χ0v) is 20.5. The van der Waals surface area contributed by atoms with Crippen molar-refractivity contribution in [1.82, 2.24) is 5.32 Å². The average Bonchev–Trinajstić information content (AvgIpc) is 2.83. The predicted octanol–water partition coefficient (Wildman–Crippen LogP) is 6.55. The Bertz CT molecular complexity index is 946. The molecule has 1 N–H and O–H groups in total. The molecule has 2 atom stereocenters. The maximum atomic E-state index is 12.7. The smallest absolute Gasteiger partial charge is 0.408 e. The number of rotatable bonds is 10. The van der Waals surface area contributed by atoms with Crippen LogP contribution in [0.2, 0.25) is 0 Å². The molecular weight excluding hydrogens is 428 g/mol. The first kappa shape index (κ1) is 25.4. The van der Waals surface area contributed by atoms with E-state index in [4.69, 9.17) is 14.7 Å². The number of nitriles is 1. The first-order chi connectivity index (χ1) is 16.4. The molecule has 1 aliphatic carbocycles. The summed E-state index contributed by atoms with van der Waals surface area (Å²) < 4.78 is 16.0. The van der Waals surface area contributed by atoms with Crippen molar-refractivity contribution in [2.75, 3.05) is 13.2 Å². The molecule has 1 aliphatic rings. The fourth-order valence-electron chi connectivity index (χ4n) is 4.59. The highest BCUT2D eigenvalue weighted by molar-refractivity contribution is 5.69. The highest BCUT2D eigenvalue weighted by Gasteiger charge is 2.30. The lowest BCUT2D eigenvalue weighted by molar-refractivity contribution is 0.0298. The summed E-state index contributed by atoms with van der Waals surface area (Å²) in [5.41, 5.74) is 2.61. The van der Waals surface area contributed by atoms with Gasteiger partial charge in [0.05, 0.1) is 5.54 Å². The van der Waals surface area contributed by atoms with Crippen molar-refractivity contribution >= 4 is 6.09 Å². The molecule has 2 aromatic rings. The average molecular weight is 465 g/mol. The molecule has 0 spiro atoms. The molecule has 3 rings (SSSR count). The Morgan fingerprint density at radius 3 is 2.32 bits per heavy atom. The lowest BCUT2D eigenvalue weighted by atomic mass is 9.83. The Kier molecular flexibility index (Phi) is 9.21. The fraction of sp³-hybridized carbons (Fsp3) is 0.500. The van der Waals surface area contributed by atoms with Gasteiger partial charge in [0, 0.05) is 0 Å². The Labute approximate surface area is 203 Å². The number of carbonyl (C=O) groups is 1. The van der Waals surface area contributed by atoms with E-state index in [9.17, 15) is 4.79 Å². The minimum absolute atomic E-state index is 0.0256. The van der Waals surface area contributed by atoms with Crippen LogP contribution in [0, 0.1) is 17.4 Å². The molecular formula is C28H36N2O4. The largest absolute Gasteiger partial charge is 0.490 e. The van der Waals surface area contributed by atoms with Crippen molar-refractivity contribution in [2.24, 2.45) is 5.92 Å². The molecule has 0 aliphatic heterocycles. The molecule has 6 heteroatoms. The van der Waals surface area contributed by atoms with E-state index >= 15 is 0 Å². The van der Waals surface area contributed by atoms with Crippen LogP contribution >= 0.6 is 0 Å². The Morgan fingerprint density at radius 1 is 1.03 bits per heavy atom. The van der Waals surface area contributed by atoms with Gasteiger partial charge in [-0.05, 0) is 74.3 Å². The maximum Gasteiger partial charge on any atom is 0.408 e. The number of nitrogens with zero attached hydrogens (tertiary/aromatic N) is 1. The van der Waals surface area contributed by atoms with E-state index in [1.54, 1.807) is 6.26 Å². The zero-order chi connectivity index (χ0) is 24.4. The molecule has 0 saturated heterocycles. The first-order valence-corrected chi connectivity index (χ1v) is 12.3. The lowest BCUT2D eigenvalue weighted by Gasteiger charge is -2.33. The van der Waals surface area contributed by atoms with Gasteiger partial charge in [0.15, 0.2) is 0 Å². The molecule has 182 valence electrons. The Morgan fingerprint density at radius 2 is 1.68 bits per heavy atom. The van der Waals surface area contributed by atoms with Gasteiger partial charge in [-0.2, -0.15) is 5.26 Å². The van der Waals surface area contributed by atoms with Crippen molar-refractivity contribution in [3.8, 4) is 23.1 Å². The molecule has 6 nitrogen and oxygen atoms in total. The lowest BCUT2D eigenvalue weighted by Crippen LogP contribution is -2.44. The van der Waals surface area contributed by atoms with Crippen LogP contribution in [-0.4, -0.2) is 25.4 Å². The molecule has 1 saturated carbocycles. The van der Waals surface area contributed by atoms with E-state index in [-0.39, 0.29) is 18.8 Å². The molecule has 2 unspecified atom stereocenters. The van der Waals surface area contributed by atoms with Crippen molar-refractivity contribution in [2.45, 2.75) is 70.9 Å². The summed E-state index contributed by atoms with van der Waals surface area (Å²) in [6, 6.07) is 16.0. The summed E-state index contributed by atoms with van der Waals surface area (Å²) in [5, 5.41) is 11.4. The van der Waals surface area contributed by atoms with E-state index < -0.39 is 5.54 Å². The van der Waals surface area contributed by atoms with Gasteiger partial charge >= 0.3 is 6.09 Å². The standard InChI is InChI=1S/C28H36N2O4/c1-4-7-23-8-5-6-9-26(23)34-27(31)30-28(2,3)24-14-10-21(11-15-24)22-12-16-25(17-13-22)33-19-18-32-20-29/h10-17,23,26H,4-9,18-19H2,1-3H3,(H,30,31). The van der Waals surface area contributed by atoms with Crippen molar-refractivity contribution < 1.29 is 19.0 Å². The Balaban J connectivity index is 1.57. The van der Waals surface area contributed by atoms with Gasteiger partial charge in [0.25, 0.3) is 6.26 Å². The van der Waals surface area contributed by atoms with Crippen LogP contribution in [-0.2, 0) is 15.0 Å². The highest BCUT2D eigenvalue weighted by atomic mass is 16.6. The summed E-state index contributed by atoms with van der Waals surface area (Å²) in [6.07, 6.45) is 8.03. The van der Waals surface area contributed by atoms with Crippen LogP contribution in [0.3, 0.4) is 0 Å². The maximum absolute atomic E-state index is 12.7. The van der Waals surface area contributed by atoms with E-state index in [0.717, 1.165) is 54.5 Å². The number of nitrogens with one attached hydrogen (secondary N) is 1. The zero-order valence-electron chi connectivity index (χ0n) is 20.5. The Hall–Kier alpha value is -3.20. The normalized spacial score (nSPS) is 17.9. The summed E-state index contributed by atoms with van der Waals surface area (Å²) >= 11 is 0. The molecule has 0 heterocycles. The molecule has 1 fully saturated rings. The topological polar surface area (TPSA) is 80.6 Å². The van der Waals surface area contributed by atoms with Gasteiger partial charge in [-0.25, -0.2) is 4.79 Å². The van der Waals surface area contributed by atoms with E-state index in [2.05, 4.69) is 29.1 Å². The van der Waals surface area contributed by atoms with Gasteiger partial charge in [-0.1, -0.05) is 56.2 Å². The van der Waals surface area contributed by atoms with Crippen LogP contribution < -0.4 is 10.1 Å².